The van der Waals surface area contributed by atoms with E-state index in [1.165, 1.54) is 103 Å². The molecule has 1 aliphatic rings. The summed E-state index contributed by atoms with van der Waals surface area (Å²) in [6.45, 7) is 7.56. The number of hydrogen-bond donors (Lipinski definition) is 1. The third-order valence-corrected chi connectivity index (χ3v) is 5.14. The predicted octanol–water partition coefficient (Wildman–Crippen LogP) is 1.76. The summed E-state index contributed by atoms with van der Waals surface area (Å²) in [6.07, 6.45) is 20.5. The van der Waals surface area contributed by atoms with Crippen LogP contribution in [0.4, 0.5) is 0 Å². The van der Waals surface area contributed by atoms with Crippen LogP contribution in [0.2, 0.25) is 0 Å². The van der Waals surface area contributed by atoms with Crippen LogP contribution in [0, 0.1) is 0 Å². The maximum absolute atomic E-state index is 2.33. The highest BCUT2D eigenvalue weighted by molar-refractivity contribution is 4.62. The Kier molecular flexibility index (Phi) is 14.7. The first-order chi connectivity index (χ1) is 9.88. The van der Waals surface area contributed by atoms with Crippen molar-refractivity contribution in [2.45, 2.75) is 110 Å². The minimum absolute atomic E-state index is 0. The van der Waals surface area contributed by atoms with Crippen molar-refractivity contribution in [3.05, 3.63) is 0 Å². The highest BCUT2D eigenvalue weighted by Crippen LogP contribution is 2.11. The Bertz CT molecular complexity index is 208. The van der Waals surface area contributed by atoms with Crippen molar-refractivity contribution in [2.24, 2.45) is 0 Å². The van der Waals surface area contributed by atoms with Gasteiger partial charge in [-0.2, -0.15) is 0 Å². The van der Waals surface area contributed by atoms with Crippen LogP contribution in [0.1, 0.15) is 104 Å². The van der Waals surface area contributed by atoms with Gasteiger partial charge in [-0.1, -0.05) is 58.8 Å². The zero-order valence-corrected chi connectivity index (χ0v) is 14.8. The molecule has 0 radical (unpaired) electrons. The maximum Gasteiger partial charge on any atom is 0.0874 e. The SMILES string of the molecule is CCCCCCCCCC[NH+]1CCCCC1CCCC.[F-]. The van der Waals surface area contributed by atoms with Gasteiger partial charge in [-0.25, -0.2) is 0 Å². The second-order valence-corrected chi connectivity index (χ2v) is 6.97. The maximum atomic E-state index is 2.33. The molecule has 0 aromatic carbocycles. The van der Waals surface area contributed by atoms with E-state index in [1.807, 2.05) is 4.90 Å². The van der Waals surface area contributed by atoms with Crippen LogP contribution in [0.15, 0.2) is 0 Å². The van der Waals surface area contributed by atoms with Crippen molar-refractivity contribution in [2.75, 3.05) is 13.1 Å². The van der Waals surface area contributed by atoms with Crippen molar-refractivity contribution >= 4 is 0 Å². The molecule has 1 aliphatic heterocycles. The Labute approximate surface area is 133 Å². The van der Waals surface area contributed by atoms with Crippen LogP contribution < -0.4 is 9.60 Å². The van der Waals surface area contributed by atoms with Gasteiger partial charge in [0.2, 0.25) is 0 Å². The van der Waals surface area contributed by atoms with E-state index in [4.69, 9.17) is 0 Å². The van der Waals surface area contributed by atoms with Crippen LogP contribution in [-0.4, -0.2) is 19.1 Å². The fraction of sp³-hybridized carbons (Fsp3) is 1.00. The minimum atomic E-state index is 0. The molecular weight excluding hydrogens is 261 g/mol. The van der Waals surface area contributed by atoms with Gasteiger partial charge in [0.1, 0.15) is 0 Å². The highest BCUT2D eigenvalue weighted by Gasteiger charge is 2.24. The molecule has 2 unspecified atom stereocenters. The molecule has 128 valence electrons. The standard InChI is InChI=1S/C19H39N.FH/c1-3-5-7-8-9-10-11-13-17-20-18-14-12-16-19(20)15-6-4-2;/h19H,3-18H2,1-2H3;1H. The lowest BCUT2D eigenvalue weighted by Crippen LogP contribution is -3.16. The van der Waals surface area contributed by atoms with E-state index < -0.39 is 0 Å². The third-order valence-electron chi connectivity index (χ3n) is 5.14. The number of unbranched alkanes of at least 4 members (excludes halogenated alkanes) is 8. The minimum Gasteiger partial charge on any atom is -1.00 e. The molecule has 0 spiro atoms. The molecule has 1 rings (SSSR count). The molecule has 0 bridgehead atoms. The fourth-order valence-corrected chi connectivity index (χ4v) is 3.77. The van der Waals surface area contributed by atoms with E-state index in [0.29, 0.717) is 0 Å². The quantitative estimate of drug-likeness (QED) is 0.524. The summed E-state index contributed by atoms with van der Waals surface area (Å²) < 4.78 is 0. The van der Waals surface area contributed by atoms with Gasteiger partial charge >= 0.3 is 0 Å². The van der Waals surface area contributed by atoms with Gasteiger partial charge in [0, 0.05) is 0 Å². The molecule has 0 aromatic rings. The number of likely N-dealkylation sites (tertiary alicyclic amines) is 1. The Hall–Kier alpha value is -0.110. The average Bonchev–Trinajstić information content (AvgIpc) is 2.49. The van der Waals surface area contributed by atoms with Gasteiger partial charge in [-0.3, -0.25) is 0 Å². The normalized spacial score (nSPS) is 22.0. The number of nitrogens with one attached hydrogen (secondary N) is 1. The summed E-state index contributed by atoms with van der Waals surface area (Å²) in [5, 5.41) is 0. The molecule has 2 atom stereocenters. The molecule has 0 amide bonds. The zero-order chi connectivity index (χ0) is 14.5. The molecule has 2 heteroatoms. The fourth-order valence-electron chi connectivity index (χ4n) is 3.77. The van der Waals surface area contributed by atoms with Crippen molar-refractivity contribution in [1.82, 2.24) is 0 Å². The Morgan fingerprint density at radius 2 is 1.38 bits per heavy atom. The predicted molar refractivity (Wildman–Crippen MR) is 90.5 cm³/mol. The van der Waals surface area contributed by atoms with E-state index in [1.54, 1.807) is 0 Å². The topological polar surface area (TPSA) is 4.44 Å². The van der Waals surface area contributed by atoms with Crippen molar-refractivity contribution in [3.8, 4) is 0 Å². The Morgan fingerprint density at radius 1 is 0.762 bits per heavy atom. The lowest BCUT2D eigenvalue weighted by atomic mass is 9.97. The second kappa shape index (κ2) is 14.8. The number of halogens is 1. The smallest absolute Gasteiger partial charge is 0.0874 e. The van der Waals surface area contributed by atoms with Crippen LogP contribution in [-0.2, 0) is 0 Å². The molecule has 1 saturated heterocycles. The summed E-state index contributed by atoms with van der Waals surface area (Å²) in [5.74, 6) is 0. The van der Waals surface area contributed by atoms with Crippen molar-refractivity contribution in [1.29, 1.82) is 0 Å². The monoisotopic (exact) mass is 301 g/mol. The Morgan fingerprint density at radius 3 is 2.05 bits per heavy atom. The zero-order valence-electron chi connectivity index (χ0n) is 14.8. The molecule has 1 nitrogen and oxygen atoms in total. The summed E-state index contributed by atoms with van der Waals surface area (Å²) in [6, 6.07) is 1.01. The number of hydrogen-bond acceptors (Lipinski definition) is 0. The number of quaternary nitrogens is 1. The lowest BCUT2D eigenvalue weighted by molar-refractivity contribution is -0.931. The first kappa shape index (κ1) is 20.9. The van der Waals surface area contributed by atoms with Gasteiger partial charge in [0.25, 0.3) is 0 Å². The van der Waals surface area contributed by atoms with Crippen molar-refractivity contribution in [3.63, 3.8) is 0 Å². The largest absolute Gasteiger partial charge is 1.00 e. The molecule has 0 saturated carbocycles. The van der Waals surface area contributed by atoms with Crippen LogP contribution in [0.3, 0.4) is 0 Å². The highest BCUT2D eigenvalue weighted by atomic mass is 19.0. The van der Waals surface area contributed by atoms with Gasteiger partial charge < -0.3 is 9.60 Å². The Balaban J connectivity index is 0.00000400. The first-order valence-electron chi connectivity index (χ1n) is 9.73. The number of rotatable bonds is 12. The second-order valence-electron chi connectivity index (χ2n) is 6.97. The summed E-state index contributed by atoms with van der Waals surface area (Å²) >= 11 is 0. The van der Waals surface area contributed by atoms with E-state index in [0.717, 1.165) is 6.04 Å². The number of piperidine rings is 1. The van der Waals surface area contributed by atoms with E-state index in [2.05, 4.69) is 13.8 Å². The first-order valence-corrected chi connectivity index (χ1v) is 9.73. The molecule has 21 heavy (non-hydrogen) atoms. The molecule has 1 heterocycles. The molecule has 1 N–H and O–H groups in total. The van der Waals surface area contributed by atoms with Gasteiger partial charge in [0.15, 0.2) is 0 Å². The van der Waals surface area contributed by atoms with E-state index in [9.17, 15) is 0 Å². The third kappa shape index (κ3) is 10.3. The van der Waals surface area contributed by atoms with Gasteiger partial charge in [0.05, 0.1) is 19.1 Å². The molecule has 1 fully saturated rings. The van der Waals surface area contributed by atoms with Gasteiger partial charge in [-0.05, 0) is 44.9 Å². The molecule has 0 aromatic heterocycles. The summed E-state index contributed by atoms with van der Waals surface area (Å²) in [5.41, 5.74) is 0. The lowest BCUT2D eigenvalue weighted by Gasteiger charge is -2.32. The molecular formula is C19H40FN. The van der Waals surface area contributed by atoms with Crippen molar-refractivity contribution < 1.29 is 9.60 Å². The van der Waals surface area contributed by atoms with E-state index in [-0.39, 0.29) is 4.70 Å². The molecule has 0 aliphatic carbocycles. The summed E-state index contributed by atoms with van der Waals surface area (Å²) in [4.78, 5) is 1.95. The van der Waals surface area contributed by atoms with Gasteiger partial charge in [-0.15, -0.1) is 0 Å². The van der Waals surface area contributed by atoms with Crippen LogP contribution in [0.5, 0.6) is 0 Å². The van der Waals surface area contributed by atoms with Crippen LogP contribution >= 0.6 is 0 Å². The van der Waals surface area contributed by atoms with Crippen LogP contribution in [0.25, 0.3) is 0 Å². The summed E-state index contributed by atoms with van der Waals surface area (Å²) in [7, 11) is 0. The van der Waals surface area contributed by atoms with E-state index >= 15 is 0 Å². The average molecular weight is 302 g/mol.